The van der Waals surface area contributed by atoms with Crippen molar-refractivity contribution in [3.8, 4) is 0 Å². The maximum atomic E-state index is 6.19. The van der Waals surface area contributed by atoms with Crippen molar-refractivity contribution in [2.75, 3.05) is 13.2 Å². The van der Waals surface area contributed by atoms with Crippen LogP contribution in [0, 0.1) is 5.92 Å². The normalized spacial score (nSPS) is 36.5. The monoisotopic (exact) mass is 211 g/mol. The summed E-state index contributed by atoms with van der Waals surface area (Å²) in [5.41, 5.74) is 17.2. The minimum absolute atomic E-state index is 0.100. The molecule has 2 heterocycles. The van der Waals surface area contributed by atoms with Crippen LogP contribution in [0.4, 0.5) is 0 Å². The SMILES string of the molecule is NC1=CNC(N)=NC1(N)C1CCCOC1. The Balaban J connectivity index is 2.22. The van der Waals surface area contributed by atoms with Gasteiger partial charge < -0.3 is 27.3 Å². The Morgan fingerprint density at radius 3 is 3.00 bits per heavy atom. The fraction of sp³-hybridized carbons (Fsp3) is 0.667. The lowest BCUT2D eigenvalue weighted by molar-refractivity contribution is 0.0302. The van der Waals surface area contributed by atoms with Gasteiger partial charge in [0.25, 0.3) is 0 Å². The summed E-state index contributed by atoms with van der Waals surface area (Å²) in [6, 6.07) is 0. The van der Waals surface area contributed by atoms with E-state index in [1.807, 2.05) is 0 Å². The molecule has 6 nitrogen and oxygen atoms in total. The van der Waals surface area contributed by atoms with E-state index in [-0.39, 0.29) is 5.92 Å². The van der Waals surface area contributed by atoms with Crippen molar-refractivity contribution < 1.29 is 4.74 Å². The Bertz CT molecular complexity index is 308. The molecule has 0 spiro atoms. The molecule has 2 aliphatic heterocycles. The van der Waals surface area contributed by atoms with Gasteiger partial charge in [-0.3, -0.25) is 0 Å². The van der Waals surface area contributed by atoms with Crippen LogP contribution in [-0.4, -0.2) is 24.8 Å². The number of nitrogens with one attached hydrogen (secondary N) is 1. The van der Waals surface area contributed by atoms with E-state index >= 15 is 0 Å². The smallest absolute Gasteiger partial charge is 0.195 e. The summed E-state index contributed by atoms with van der Waals surface area (Å²) in [6.07, 6.45) is 3.55. The van der Waals surface area contributed by atoms with E-state index in [0.717, 1.165) is 19.4 Å². The van der Waals surface area contributed by atoms with E-state index in [4.69, 9.17) is 21.9 Å². The molecule has 2 unspecified atom stereocenters. The summed E-state index contributed by atoms with van der Waals surface area (Å²) in [5.74, 6) is 0.403. The van der Waals surface area contributed by atoms with Crippen LogP contribution in [0.15, 0.2) is 16.9 Å². The molecule has 15 heavy (non-hydrogen) atoms. The van der Waals surface area contributed by atoms with Gasteiger partial charge in [-0.15, -0.1) is 0 Å². The summed E-state index contributed by atoms with van der Waals surface area (Å²) >= 11 is 0. The molecule has 0 saturated carbocycles. The molecule has 1 fully saturated rings. The van der Waals surface area contributed by atoms with Gasteiger partial charge in [0.1, 0.15) is 0 Å². The molecule has 0 aromatic rings. The topological polar surface area (TPSA) is 112 Å². The summed E-state index contributed by atoms with van der Waals surface area (Å²) in [7, 11) is 0. The summed E-state index contributed by atoms with van der Waals surface area (Å²) in [5, 5.41) is 2.75. The lowest BCUT2D eigenvalue weighted by Crippen LogP contribution is -2.56. The molecule has 0 aromatic heterocycles. The van der Waals surface area contributed by atoms with Crippen LogP contribution in [0.1, 0.15) is 12.8 Å². The Kier molecular flexibility index (Phi) is 2.54. The standard InChI is InChI=1S/C9H17N5O/c10-7-4-13-8(11)14-9(7,12)6-2-1-3-15-5-6/h4,6H,1-3,5,10,12H2,(H3,11,13,14). The van der Waals surface area contributed by atoms with Crippen LogP contribution in [-0.2, 0) is 4.74 Å². The quantitative estimate of drug-likeness (QED) is 0.434. The Labute approximate surface area is 88.5 Å². The first-order valence-corrected chi connectivity index (χ1v) is 5.07. The predicted octanol–water partition coefficient (Wildman–Crippen LogP) is -1.21. The van der Waals surface area contributed by atoms with Crippen LogP contribution in [0.3, 0.4) is 0 Å². The van der Waals surface area contributed by atoms with E-state index in [1.165, 1.54) is 0 Å². The first-order chi connectivity index (χ1) is 7.13. The second-order valence-electron chi connectivity index (χ2n) is 3.98. The second-order valence-corrected chi connectivity index (χ2v) is 3.98. The number of rotatable bonds is 1. The Morgan fingerprint density at radius 2 is 2.33 bits per heavy atom. The van der Waals surface area contributed by atoms with Gasteiger partial charge in [-0.1, -0.05) is 0 Å². The highest BCUT2D eigenvalue weighted by atomic mass is 16.5. The third-order valence-electron chi connectivity index (χ3n) is 2.93. The molecule has 0 radical (unpaired) electrons. The number of hydrogen-bond acceptors (Lipinski definition) is 6. The molecule has 2 aliphatic rings. The number of guanidine groups is 1. The predicted molar refractivity (Wildman–Crippen MR) is 57.5 cm³/mol. The molecule has 84 valence electrons. The van der Waals surface area contributed by atoms with Gasteiger partial charge in [-0.25, -0.2) is 4.99 Å². The minimum atomic E-state index is -0.907. The van der Waals surface area contributed by atoms with E-state index in [9.17, 15) is 0 Å². The highest BCUT2D eigenvalue weighted by Crippen LogP contribution is 2.30. The number of nitrogens with two attached hydrogens (primary N) is 3. The van der Waals surface area contributed by atoms with Crippen LogP contribution < -0.4 is 22.5 Å². The van der Waals surface area contributed by atoms with E-state index in [1.54, 1.807) is 6.20 Å². The van der Waals surface area contributed by atoms with Crippen molar-refractivity contribution >= 4 is 5.96 Å². The van der Waals surface area contributed by atoms with Crippen LogP contribution in [0.2, 0.25) is 0 Å². The molecular formula is C9H17N5O. The molecule has 6 heteroatoms. The summed E-state index contributed by atoms with van der Waals surface area (Å²) < 4.78 is 5.39. The third-order valence-corrected chi connectivity index (χ3v) is 2.93. The first kappa shape index (κ1) is 10.3. The van der Waals surface area contributed by atoms with Crippen LogP contribution in [0.25, 0.3) is 0 Å². The van der Waals surface area contributed by atoms with Crippen molar-refractivity contribution in [1.82, 2.24) is 5.32 Å². The number of nitrogens with zero attached hydrogens (tertiary/aromatic N) is 1. The van der Waals surface area contributed by atoms with Gasteiger partial charge in [0.05, 0.1) is 12.3 Å². The average Bonchev–Trinajstić information content (AvgIpc) is 2.25. The van der Waals surface area contributed by atoms with Crippen molar-refractivity contribution in [3.05, 3.63) is 11.9 Å². The lowest BCUT2D eigenvalue weighted by Gasteiger charge is -2.38. The zero-order valence-electron chi connectivity index (χ0n) is 8.57. The zero-order chi connectivity index (χ0) is 10.9. The van der Waals surface area contributed by atoms with E-state index < -0.39 is 5.66 Å². The molecule has 0 amide bonds. The molecule has 2 atom stereocenters. The maximum Gasteiger partial charge on any atom is 0.195 e. The van der Waals surface area contributed by atoms with E-state index in [0.29, 0.717) is 18.3 Å². The van der Waals surface area contributed by atoms with Crippen molar-refractivity contribution in [1.29, 1.82) is 0 Å². The fourth-order valence-corrected chi connectivity index (χ4v) is 1.98. The van der Waals surface area contributed by atoms with Crippen LogP contribution >= 0.6 is 0 Å². The minimum Gasteiger partial charge on any atom is -0.398 e. The van der Waals surface area contributed by atoms with Gasteiger partial charge in [-0.2, -0.15) is 0 Å². The maximum absolute atomic E-state index is 6.19. The second kappa shape index (κ2) is 3.71. The van der Waals surface area contributed by atoms with Crippen molar-refractivity contribution in [2.24, 2.45) is 28.1 Å². The summed E-state index contributed by atoms with van der Waals surface area (Å²) in [6.45, 7) is 1.37. The average molecular weight is 211 g/mol. The summed E-state index contributed by atoms with van der Waals surface area (Å²) in [4.78, 5) is 4.21. The molecular weight excluding hydrogens is 194 g/mol. The highest BCUT2D eigenvalue weighted by molar-refractivity contribution is 5.80. The third kappa shape index (κ3) is 1.78. The molecule has 0 bridgehead atoms. The number of hydrogen-bond donors (Lipinski definition) is 4. The highest BCUT2D eigenvalue weighted by Gasteiger charge is 2.40. The van der Waals surface area contributed by atoms with Gasteiger partial charge in [0.15, 0.2) is 11.6 Å². The Morgan fingerprint density at radius 1 is 1.53 bits per heavy atom. The first-order valence-electron chi connectivity index (χ1n) is 5.07. The Hall–Kier alpha value is -1.27. The molecule has 1 saturated heterocycles. The van der Waals surface area contributed by atoms with Gasteiger partial charge in [-0.05, 0) is 12.8 Å². The van der Waals surface area contributed by atoms with Gasteiger partial charge in [0, 0.05) is 18.7 Å². The largest absolute Gasteiger partial charge is 0.398 e. The van der Waals surface area contributed by atoms with Crippen molar-refractivity contribution in [3.63, 3.8) is 0 Å². The van der Waals surface area contributed by atoms with Crippen molar-refractivity contribution in [2.45, 2.75) is 18.5 Å². The fourth-order valence-electron chi connectivity index (χ4n) is 1.98. The molecule has 0 aliphatic carbocycles. The van der Waals surface area contributed by atoms with E-state index in [2.05, 4.69) is 10.3 Å². The molecule has 2 rings (SSSR count). The van der Waals surface area contributed by atoms with Crippen LogP contribution in [0.5, 0.6) is 0 Å². The number of aliphatic imine (C=N–C) groups is 1. The number of ether oxygens (including phenoxy) is 1. The molecule has 7 N–H and O–H groups in total. The van der Waals surface area contributed by atoms with Gasteiger partial charge >= 0.3 is 0 Å². The van der Waals surface area contributed by atoms with Gasteiger partial charge in [0.2, 0.25) is 0 Å². The molecule has 0 aromatic carbocycles. The lowest BCUT2D eigenvalue weighted by atomic mass is 9.86. The zero-order valence-corrected chi connectivity index (χ0v) is 8.57.